The van der Waals surface area contributed by atoms with Crippen LogP contribution in [-0.2, 0) is 0 Å². The van der Waals surface area contributed by atoms with Gasteiger partial charge < -0.3 is 10.2 Å². The first-order valence-electron chi connectivity index (χ1n) is 5.23. The fourth-order valence-corrected chi connectivity index (χ4v) is 2.03. The van der Waals surface area contributed by atoms with Crippen LogP contribution >= 0.6 is 0 Å². The van der Waals surface area contributed by atoms with Crippen molar-refractivity contribution in [1.29, 1.82) is 0 Å². The molecule has 1 rings (SSSR count). The van der Waals surface area contributed by atoms with Gasteiger partial charge in [-0.3, -0.25) is 0 Å². The first kappa shape index (κ1) is 10.0. The van der Waals surface area contributed by atoms with Gasteiger partial charge in [-0.2, -0.15) is 0 Å². The fourth-order valence-electron chi connectivity index (χ4n) is 2.03. The quantitative estimate of drug-likeness (QED) is 0.669. The molecule has 12 heavy (non-hydrogen) atoms. The largest absolute Gasteiger partial charge is 0.318 e. The van der Waals surface area contributed by atoms with Crippen LogP contribution in [0.3, 0.4) is 0 Å². The third kappa shape index (κ3) is 3.11. The molecule has 0 aromatic heterocycles. The van der Waals surface area contributed by atoms with E-state index in [4.69, 9.17) is 0 Å². The molecule has 1 atom stereocenters. The Kier molecular flexibility index (Phi) is 4.62. The van der Waals surface area contributed by atoms with Crippen LogP contribution in [0.15, 0.2) is 0 Å². The maximum absolute atomic E-state index is 3.20. The smallest absolute Gasteiger partial charge is 0.0107 e. The maximum Gasteiger partial charge on any atom is 0.0107 e. The van der Waals surface area contributed by atoms with Crippen molar-refractivity contribution in [3.05, 3.63) is 0 Å². The number of likely N-dealkylation sites (tertiary alicyclic amines) is 1. The van der Waals surface area contributed by atoms with Gasteiger partial charge in [0.05, 0.1) is 0 Å². The minimum absolute atomic E-state index is 0.992. The zero-order valence-corrected chi connectivity index (χ0v) is 8.47. The molecule has 0 bridgehead atoms. The molecule has 0 aliphatic carbocycles. The van der Waals surface area contributed by atoms with E-state index < -0.39 is 0 Å². The van der Waals surface area contributed by atoms with E-state index in [1.807, 2.05) is 7.05 Å². The Hall–Kier alpha value is -0.0800. The van der Waals surface area contributed by atoms with Crippen LogP contribution in [0.5, 0.6) is 0 Å². The van der Waals surface area contributed by atoms with Crippen LogP contribution in [0.1, 0.15) is 26.2 Å². The van der Waals surface area contributed by atoms with Gasteiger partial charge in [0, 0.05) is 19.6 Å². The highest BCUT2D eigenvalue weighted by molar-refractivity contribution is 4.75. The van der Waals surface area contributed by atoms with Crippen LogP contribution in [0, 0.1) is 5.92 Å². The average molecular weight is 170 g/mol. The van der Waals surface area contributed by atoms with Gasteiger partial charge >= 0.3 is 0 Å². The highest BCUT2D eigenvalue weighted by Gasteiger charge is 2.20. The van der Waals surface area contributed by atoms with Crippen molar-refractivity contribution in [3.8, 4) is 0 Å². The second-order valence-electron chi connectivity index (χ2n) is 3.85. The molecule has 1 heterocycles. The second kappa shape index (κ2) is 5.55. The fraction of sp³-hybridized carbons (Fsp3) is 1.00. The topological polar surface area (TPSA) is 15.3 Å². The Morgan fingerprint density at radius 2 is 2.33 bits per heavy atom. The van der Waals surface area contributed by atoms with E-state index >= 15 is 0 Å². The maximum atomic E-state index is 3.20. The van der Waals surface area contributed by atoms with E-state index in [9.17, 15) is 0 Å². The summed E-state index contributed by atoms with van der Waals surface area (Å²) >= 11 is 0. The van der Waals surface area contributed by atoms with Crippen LogP contribution < -0.4 is 5.32 Å². The number of nitrogens with zero attached hydrogens (tertiary/aromatic N) is 1. The Bertz CT molecular complexity index is 114. The van der Waals surface area contributed by atoms with E-state index in [2.05, 4.69) is 17.1 Å². The SMILES string of the molecule is CCCC1CCN(CCNC)C1. The molecular formula is C10H22N2. The molecule has 1 aliphatic rings. The first-order valence-corrected chi connectivity index (χ1v) is 5.23. The highest BCUT2D eigenvalue weighted by Crippen LogP contribution is 2.19. The van der Waals surface area contributed by atoms with Crippen LogP contribution in [-0.4, -0.2) is 38.1 Å². The summed E-state index contributed by atoms with van der Waals surface area (Å²) in [6, 6.07) is 0. The zero-order chi connectivity index (χ0) is 8.81. The van der Waals surface area contributed by atoms with Gasteiger partial charge in [-0.25, -0.2) is 0 Å². The van der Waals surface area contributed by atoms with Gasteiger partial charge in [0.15, 0.2) is 0 Å². The summed E-state index contributed by atoms with van der Waals surface area (Å²) in [5.74, 6) is 0.992. The van der Waals surface area contributed by atoms with Gasteiger partial charge in [-0.15, -0.1) is 0 Å². The molecule has 2 nitrogen and oxygen atoms in total. The Labute approximate surface area is 76.3 Å². The first-order chi connectivity index (χ1) is 5.86. The molecule has 0 radical (unpaired) electrons. The van der Waals surface area contributed by atoms with Crippen molar-refractivity contribution >= 4 is 0 Å². The predicted octanol–water partition coefficient (Wildman–Crippen LogP) is 1.33. The second-order valence-corrected chi connectivity index (χ2v) is 3.85. The number of hydrogen-bond donors (Lipinski definition) is 1. The van der Waals surface area contributed by atoms with Crippen LogP contribution in [0.25, 0.3) is 0 Å². The van der Waals surface area contributed by atoms with E-state index in [0.29, 0.717) is 0 Å². The summed E-state index contributed by atoms with van der Waals surface area (Å²) in [5.41, 5.74) is 0. The van der Waals surface area contributed by atoms with Crippen molar-refractivity contribution in [3.63, 3.8) is 0 Å². The van der Waals surface area contributed by atoms with E-state index in [-0.39, 0.29) is 0 Å². The molecule has 0 amide bonds. The molecular weight excluding hydrogens is 148 g/mol. The van der Waals surface area contributed by atoms with E-state index in [1.165, 1.54) is 38.9 Å². The summed E-state index contributed by atoms with van der Waals surface area (Å²) in [5, 5.41) is 3.20. The molecule has 1 aliphatic heterocycles. The lowest BCUT2D eigenvalue weighted by Crippen LogP contribution is -2.28. The van der Waals surface area contributed by atoms with Gasteiger partial charge in [-0.05, 0) is 32.4 Å². The monoisotopic (exact) mass is 170 g/mol. The molecule has 1 unspecified atom stereocenters. The third-order valence-corrected chi connectivity index (χ3v) is 2.74. The lowest BCUT2D eigenvalue weighted by atomic mass is 10.0. The number of likely N-dealkylation sites (N-methyl/N-ethyl adjacent to an activating group) is 1. The average Bonchev–Trinajstić information content (AvgIpc) is 2.50. The summed E-state index contributed by atoms with van der Waals surface area (Å²) in [6.45, 7) is 7.33. The number of rotatable bonds is 5. The van der Waals surface area contributed by atoms with Crippen molar-refractivity contribution in [2.45, 2.75) is 26.2 Å². The molecule has 0 spiro atoms. The minimum atomic E-state index is 0.992. The van der Waals surface area contributed by atoms with Crippen molar-refractivity contribution in [2.24, 2.45) is 5.92 Å². The number of hydrogen-bond acceptors (Lipinski definition) is 2. The van der Waals surface area contributed by atoms with E-state index in [0.717, 1.165) is 12.5 Å². The molecule has 1 N–H and O–H groups in total. The summed E-state index contributed by atoms with van der Waals surface area (Å²) < 4.78 is 0. The molecule has 2 heteroatoms. The highest BCUT2D eigenvalue weighted by atomic mass is 15.2. The molecule has 0 saturated carbocycles. The number of nitrogens with one attached hydrogen (secondary N) is 1. The normalized spacial score (nSPS) is 25.0. The third-order valence-electron chi connectivity index (χ3n) is 2.74. The van der Waals surface area contributed by atoms with Gasteiger partial charge in [0.1, 0.15) is 0 Å². The lowest BCUT2D eigenvalue weighted by Gasteiger charge is -2.14. The van der Waals surface area contributed by atoms with Crippen LogP contribution in [0.2, 0.25) is 0 Å². The van der Waals surface area contributed by atoms with Crippen molar-refractivity contribution < 1.29 is 0 Å². The van der Waals surface area contributed by atoms with Crippen molar-refractivity contribution in [2.75, 3.05) is 33.2 Å². The molecule has 72 valence electrons. The molecule has 0 aromatic rings. The summed E-state index contributed by atoms with van der Waals surface area (Å²) in [7, 11) is 2.03. The summed E-state index contributed by atoms with van der Waals surface area (Å²) in [6.07, 6.45) is 4.21. The predicted molar refractivity (Wildman–Crippen MR) is 53.4 cm³/mol. The Morgan fingerprint density at radius 1 is 1.50 bits per heavy atom. The van der Waals surface area contributed by atoms with Crippen molar-refractivity contribution in [1.82, 2.24) is 10.2 Å². The Morgan fingerprint density at radius 3 is 3.00 bits per heavy atom. The molecule has 1 saturated heterocycles. The van der Waals surface area contributed by atoms with E-state index in [1.54, 1.807) is 0 Å². The standard InChI is InChI=1S/C10H22N2/c1-3-4-10-5-7-12(9-10)8-6-11-2/h10-11H,3-9H2,1-2H3. The molecule has 0 aromatic carbocycles. The van der Waals surface area contributed by atoms with Gasteiger partial charge in [0.25, 0.3) is 0 Å². The minimum Gasteiger partial charge on any atom is -0.318 e. The Balaban J connectivity index is 2.08. The lowest BCUT2D eigenvalue weighted by molar-refractivity contribution is 0.321. The summed E-state index contributed by atoms with van der Waals surface area (Å²) in [4.78, 5) is 2.58. The van der Waals surface area contributed by atoms with Gasteiger partial charge in [0.2, 0.25) is 0 Å². The van der Waals surface area contributed by atoms with Crippen LogP contribution in [0.4, 0.5) is 0 Å². The molecule has 1 fully saturated rings. The zero-order valence-electron chi connectivity index (χ0n) is 8.47. The van der Waals surface area contributed by atoms with Gasteiger partial charge in [-0.1, -0.05) is 13.3 Å².